The van der Waals surface area contributed by atoms with Crippen LogP contribution in [-0.4, -0.2) is 40.4 Å². The highest BCUT2D eigenvalue weighted by Gasteiger charge is 2.26. The molecule has 0 saturated heterocycles. The zero-order chi connectivity index (χ0) is 16.1. The van der Waals surface area contributed by atoms with Gasteiger partial charge in [-0.05, 0) is 43.5 Å². The maximum absolute atomic E-state index is 12.2. The summed E-state index contributed by atoms with van der Waals surface area (Å²) in [7, 11) is 0. The highest BCUT2D eigenvalue weighted by molar-refractivity contribution is 6.02. The van der Waals surface area contributed by atoms with Crippen LogP contribution in [0.1, 0.15) is 29.8 Å². The number of rotatable bonds is 6. The monoisotopic (exact) mass is 312 g/mol. The predicted octanol–water partition coefficient (Wildman–Crippen LogP) is 2.08. The summed E-state index contributed by atoms with van der Waals surface area (Å²) in [6.45, 7) is 0.614. The van der Waals surface area contributed by atoms with Crippen molar-refractivity contribution < 1.29 is 9.90 Å². The van der Waals surface area contributed by atoms with E-state index >= 15 is 0 Å². The van der Waals surface area contributed by atoms with E-state index in [1.165, 1.54) is 6.42 Å². The van der Waals surface area contributed by atoms with Gasteiger partial charge in [0.2, 0.25) is 0 Å². The minimum atomic E-state index is -0.285. The van der Waals surface area contributed by atoms with Gasteiger partial charge in [0.1, 0.15) is 0 Å². The van der Waals surface area contributed by atoms with Gasteiger partial charge >= 0.3 is 0 Å². The Kier molecular flexibility index (Phi) is 4.83. The molecule has 1 saturated carbocycles. The van der Waals surface area contributed by atoms with Crippen molar-refractivity contribution in [1.29, 1.82) is 0 Å². The van der Waals surface area contributed by atoms with Gasteiger partial charge in [0.15, 0.2) is 11.5 Å². The molecule has 3 rings (SSSR count). The topological polar surface area (TPSA) is 78.4 Å². The maximum Gasteiger partial charge on any atom is 0.276 e. The summed E-state index contributed by atoms with van der Waals surface area (Å²) >= 11 is 0. The number of hydrogen-bond acceptors (Lipinski definition) is 5. The van der Waals surface area contributed by atoms with Gasteiger partial charge < -0.3 is 15.3 Å². The minimum Gasteiger partial charge on any atom is -0.395 e. The Hall–Kier alpha value is -2.47. The van der Waals surface area contributed by atoms with Gasteiger partial charge in [0.05, 0.1) is 6.61 Å². The average molecular weight is 312 g/mol. The van der Waals surface area contributed by atoms with Crippen LogP contribution in [0.15, 0.2) is 42.5 Å². The van der Waals surface area contributed by atoms with Crippen LogP contribution >= 0.6 is 0 Å². The van der Waals surface area contributed by atoms with Crippen molar-refractivity contribution >= 4 is 17.4 Å². The first-order valence-electron chi connectivity index (χ1n) is 7.85. The molecule has 0 unspecified atom stereocenters. The second kappa shape index (κ2) is 7.19. The number of carbonyl (C=O) groups excluding carboxylic acids is 1. The summed E-state index contributed by atoms with van der Waals surface area (Å²) < 4.78 is 0. The molecule has 0 radical (unpaired) electrons. The van der Waals surface area contributed by atoms with Gasteiger partial charge in [-0.25, -0.2) is 0 Å². The van der Waals surface area contributed by atoms with Crippen molar-refractivity contribution in [3.05, 3.63) is 48.2 Å². The predicted molar refractivity (Wildman–Crippen MR) is 88.5 cm³/mol. The lowest BCUT2D eigenvalue weighted by Crippen LogP contribution is -2.42. The summed E-state index contributed by atoms with van der Waals surface area (Å²) in [4.78, 5) is 14.2. The van der Waals surface area contributed by atoms with E-state index in [1.54, 1.807) is 12.1 Å². The number of aliphatic hydroxyl groups is 1. The molecule has 0 bridgehead atoms. The molecule has 1 aliphatic rings. The largest absolute Gasteiger partial charge is 0.395 e. The highest BCUT2D eigenvalue weighted by Crippen LogP contribution is 2.27. The number of hydrogen-bond donors (Lipinski definition) is 2. The Balaban J connectivity index is 1.69. The van der Waals surface area contributed by atoms with Crippen molar-refractivity contribution in [2.45, 2.75) is 25.3 Å². The van der Waals surface area contributed by atoms with E-state index in [0.717, 1.165) is 18.5 Å². The summed E-state index contributed by atoms with van der Waals surface area (Å²) in [6, 6.07) is 13.1. The number of carbonyl (C=O) groups is 1. The summed E-state index contributed by atoms with van der Waals surface area (Å²) in [6.07, 6.45) is 3.42. The molecular formula is C17H20N4O2. The molecule has 2 N–H and O–H groups in total. The van der Waals surface area contributed by atoms with Crippen molar-refractivity contribution in [2.75, 3.05) is 23.4 Å². The molecule has 1 aromatic heterocycles. The van der Waals surface area contributed by atoms with Gasteiger partial charge in [-0.2, -0.15) is 0 Å². The fourth-order valence-corrected chi connectivity index (χ4v) is 2.61. The lowest BCUT2D eigenvalue weighted by Gasteiger charge is -2.37. The van der Waals surface area contributed by atoms with Crippen LogP contribution in [0, 0.1) is 0 Å². The fourth-order valence-electron chi connectivity index (χ4n) is 2.61. The lowest BCUT2D eigenvalue weighted by atomic mass is 9.91. The minimum absolute atomic E-state index is 0.0778. The molecule has 23 heavy (non-hydrogen) atoms. The fraction of sp³-hybridized carbons (Fsp3) is 0.353. The van der Waals surface area contributed by atoms with Gasteiger partial charge in [0.25, 0.3) is 5.91 Å². The third-order valence-electron chi connectivity index (χ3n) is 4.07. The Morgan fingerprint density at radius 2 is 1.96 bits per heavy atom. The van der Waals surface area contributed by atoms with E-state index in [4.69, 9.17) is 0 Å². The molecule has 1 fully saturated rings. The molecule has 6 nitrogen and oxygen atoms in total. The number of nitrogens with zero attached hydrogens (tertiary/aromatic N) is 3. The molecule has 0 atom stereocenters. The van der Waals surface area contributed by atoms with E-state index in [0.29, 0.717) is 18.4 Å². The second-order valence-corrected chi connectivity index (χ2v) is 5.60. The number of amides is 1. The van der Waals surface area contributed by atoms with Crippen LogP contribution in [0.25, 0.3) is 0 Å². The first kappa shape index (κ1) is 15.4. The van der Waals surface area contributed by atoms with Crippen LogP contribution in [0.5, 0.6) is 0 Å². The molecule has 0 spiro atoms. The quantitative estimate of drug-likeness (QED) is 0.854. The summed E-state index contributed by atoms with van der Waals surface area (Å²) in [5.74, 6) is 0.424. The first-order valence-corrected chi connectivity index (χ1v) is 7.85. The molecule has 1 aliphatic carbocycles. The Morgan fingerprint density at radius 1 is 1.17 bits per heavy atom. The van der Waals surface area contributed by atoms with Crippen LogP contribution < -0.4 is 10.2 Å². The van der Waals surface area contributed by atoms with Crippen LogP contribution in [0.3, 0.4) is 0 Å². The smallest absolute Gasteiger partial charge is 0.276 e. The van der Waals surface area contributed by atoms with Crippen LogP contribution in [0.4, 0.5) is 11.5 Å². The molecular weight excluding hydrogens is 292 g/mol. The lowest BCUT2D eigenvalue weighted by molar-refractivity contribution is 0.102. The van der Waals surface area contributed by atoms with E-state index in [9.17, 15) is 9.90 Å². The summed E-state index contributed by atoms with van der Waals surface area (Å²) in [5.41, 5.74) is 0.995. The number of anilines is 2. The Labute approximate surface area is 135 Å². The van der Waals surface area contributed by atoms with Crippen molar-refractivity contribution in [3.8, 4) is 0 Å². The third-order valence-corrected chi connectivity index (χ3v) is 4.07. The maximum atomic E-state index is 12.2. The van der Waals surface area contributed by atoms with E-state index in [1.807, 2.05) is 30.3 Å². The molecule has 120 valence electrons. The second-order valence-electron chi connectivity index (χ2n) is 5.60. The van der Waals surface area contributed by atoms with E-state index in [2.05, 4.69) is 20.4 Å². The summed E-state index contributed by atoms with van der Waals surface area (Å²) in [5, 5.41) is 20.2. The van der Waals surface area contributed by atoms with Gasteiger partial charge in [0, 0.05) is 18.3 Å². The zero-order valence-electron chi connectivity index (χ0n) is 12.9. The van der Waals surface area contributed by atoms with Crippen molar-refractivity contribution in [1.82, 2.24) is 10.2 Å². The first-order chi connectivity index (χ1) is 11.3. The SMILES string of the molecule is O=C(Nc1ccccc1)c1ccc(N(CCO)C2CCC2)nn1. The van der Waals surface area contributed by atoms with Crippen molar-refractivity contribution in [3.63, 3.8) is 0 Å². The molecule has 2 aromatic rings. The number of nitrogens with one attached hydrogen (secondary N) is 1. The van der Waals surface area contributed by atoms with Gasteiger partial charge in [-0.15, -0.1) is 10.2 Å². The van der Waals surface area contributed by atoms with Crippen molar-refractivity contribution in [2.24, 2.45) is 0 Å². The molecule has 1 heterocycles. The molecule has 0 aliphatic heterocycles. The van der Waals surface area contributed by atoms with Gasteiger partial charge in [-0.3, -0.25) is 4.79 Å². The number of aliphatic hydroxyl groups excluding tert-OH is 1. The number of para-hydroxylation sites is 1. The van der Waals surface area contributed by atoms with E-state index < -0.39 is 0 Å². The average Bonchev–Trinajstić information content (AvgIpc) is 2.54. The standard InChI is InChI=1S/C17H20N4O2/c22-12-11-21(14-7-4-8-14)16-10-9-15(19-20-16)17(23)18-13-5-2-1-3-6-13/h1-3,5-6,9-10,14,22H,4,7-8,11-12H2,(H,18,23). The zero-order valence-corrected chi connectivity index (χ0v) is 12.9. The highest BCUT2D eigenvalue weighted by atomic mass is 16.3. The Bertz CT molecular complexity index is 641. The van der Waals surface area contributed by atoms with Crippen LogP contribution in [0.2, 0.25) is 0 Å². The molecule has 1 amide bonds. The molecule has 6 heteroatoms. The third kappa shape index (κ3) is 3.65. The van der Waals surface area contributed by atoms with Crippen LogP contribution in [-0.2, 0) is 0 Å². The normalized spacial score (nSPS) is 14.1. The van der Waals surface area contributed by atoms with E-state index in [-0.39, 0.29) is 18.2 Å². The number of benzene rings is 1. The number of aromatic nitrogens is 2. The molecule has 1 aromatic carbocycles. The van der Waals surface area contributed by atoms with Gasteiger partial charge in [-0.1, -0.05) is 18.2 Å². The Morgan fingerprint density at radius 3 is 2.52 bits per heavy atom.